The zero-order valence-corrected chi connectivity index (χ0v) is 10.5. The molecule has 2 rings (SSSR count). The highest BCUT2D eigenvalue weighted by Crippen LogP contribution is 2.18. The zero-order valence-electron chi connectivity index (χ0n) is 10.5. The van der Waals surface area contributed by atoms with Crippen LogP contribution >= 0.6 is 0 Å². The summed E-state index contributed by atoms with van der Waals surface area (Å²) in [5.74, 6) is 0.755. The Hall–Kier alpha value is -1.16. The van der Waals surface area contributed by atoms with Gasteiger partial charge < -0.3 is 10.6 Å². The number of aromatic nitrogens is 2. The first-order valence-electron chi connectivity index (χ1n) is 5.81. The summed E-state index contributed by atoms with van der Waals surface area (Å²) in [5, 5.41) is 6.68. The highest BCUT2D eigenvalue weighted by molar-refractivity contribution is 5.37. The number of fused-ring (bicyclic) bond motifs is 1. The lowest BCUT2D eigenvalue weighted by Crippen LogP contribution is -2.30. The summed E-state index contributed by atoms with van der Waals surface area (Å²) in [6.07, 6.45) is 0.998. The van der Waals surface area contributed by atoms with Crippen molar-refractivity contribution in [2.75, 3.05) is 11.9 Å². The number of hydrogen-bond donors (Lipinski definition) is 2. The Morgan fingerprint density at radius 1 is 1.25 bits per heavy atom. The minimum atomic E-state index is 0.00753. The van der Waals surface area contributed by atoms with Crippen molar-refractivity contribution in [2.45, 2.75) is 46.2 Å². The van der Waals surface area contributed by atoms with Gasteiger partial charge in [0.15, 0.2) is 0 Å². The number of nitrogens with one attached hydrogen (secondary N) is 2. The van der Waals surface area contributed by atoms with Crippen LogP contribution in [0.5, 0.6) is 0 Å². The molecule has 2 N–H and O–H groups in total. The SMILES string of the molecule is Cc1nc(NC(C)(C)C)nc2c1CNCC2. The van der Waals surface area contributed by atoms with Crippen molar-refractivity contribution in [2.24, 2.45) is 0 Å². The summed E-state index contributed by atoms with van der Waals surface area (Å²) >= 11 is 0. The highest BCUT2D eigenvalue weighted by atomic mass is 15.1. The molecule has 4 nitrogen and oxygen atoms in total. The molecule has 0 amide bonds. The fourth-order valence-electron chi connectivity index (χ4n) is 1.90. The molecule has 0 aromatic carbocycles. The Bertz CT molecular complexity index is 393. The van der Waals surface area contributed by atoms with Crippen molar-refractivity contribution < 1.29 is 0 Å². The predicted molar refractivity (Wildman–Crippen MR) is 65.6 cm³/mol. The molecule has 0 aliphatic carbocycles. The fraction of sp³-hybridized carbons (Fsp3) is 0.667. The zero-order chi connectivity index (χ0) is 11.8. The normalized spacial score (nSPS) is 15.8. The summed E-state index contributed by atoms with van der Waals surface area (Å²) in [5.41, 5.74) is 3.56. The molecule has 16 heavy (non-hydrogen) atoms. The van der Waals surface area contributed by atoms with E-state index >= 15 is 0 Å². The lowest BCUT2D eigenvalue weighted by molar-refractivity contribution is 0.605. The van der Waals surface area contributed by atoms with Crippen LogP contribution in [0.25, 0.3) is 0 Å². The molecule has 4 heteroatoms. The number of nitrogens with zero attached hydrogens (tertiary/aromatic N) is 2. The van der Waals surface area contributed by atoms with E-state index in [4.69, 9.17) is 0 Å². The van der Waals surface area contributed by atoms with Gasteiger partial charge in [-0.2, -0.15) is 0 Å². The maximum Gasteiger partial charge on any atom is 0.223 e. The molecule has 0 saturated heterocycles. The average Bonchev–Trinajstić information content (AvgIpc) is 2.15. The van der Waals surface area contributed by atoms with Crippen LogP contribution in [0.4, 0.5) is 5.95 Å². The van der Waals surface area contributed by atoms with Crippen LogP contribution in [0.2, 0.25) is 0 Å². The molecular weight excluding hydrogens is 200 g/mol. The van der Waals surface area contributed by atoms with Gasteiger partial charge in [0.2, 0.25) is 5.95 Å². The maximum absolute atomic E-state index is 4.60. The quantitative estimate of drug-likeness (QED) is 0.755. The van der Waals surface area contributed by atoms with Gasteiger partial charge in [0.1, 0.15) is 0 Å². The lowest BCUT2D eigenvalue weighted by atomic mass is 10.1. The topological polar surface area (TPSA) is 49.8 Å². The van der Waals surface area contributed by atoms with Gasteiger partial charge in [-0.05, 0) is 27.7 Å². The molecule has 0 fully saturated rings. The van der Waals surface area contributed by atoms with Gasteiger partial charge in [0.25, 0.3) is 0 Å². The molecule has 0 saturated carbocycles. The summed E-state index contributed by atoms with van der Waals surface area (Å²) < 4.78 is 0. The molecule has 0 unspecified atom stereocenters. The van der Waals surface area contributed by atoms with Crippen LogP contribution in [-0.4, -0.2) is 22.1 Å². The summed E-state index contributed by atoms with van der Waals surface area (Å²) in [6, 6.07) is 0. The van der Waals surface area contributed by atoms with Crippen molar-refractivity contribution in [3.8, 4) is 0 Å². The molecule has 88 valence electrons. The van der Waals surface area contributed by atoms with Gasteiger partial charge >= 0.3 is 0 Å². The van der Waals surface area contributed by atoms with E-state index in [1.165, 1.54) is 11.3 Å². The van der Waals surface area contributed by atoms with Crippen molar-refractivity contribution in [1.29, 1.82) is 0 Å². The maximum atomic E-state index is 4.60. The van der Waals surface area contributed by atoms with Crippen LogP contribution in [-0.2, 0) is 13.0 Å². The minimum Gasteiger partial charge on any atom is -0.350 e. The number of rotatable bonds is 1. The molecular formula is C12H20N4. The van der Waals surface area contributed by atoms with Gasteiger partial charge in [-0.15, -0.1) is 0 Å². The molecule has 0 atom stereocenters. The van der Waals surface area contributed by atoms with Crippen LogP contribution in [0, 0.1) is 6.92 Å². The fourth-order valence-corrected chi connectivity index (χ4v) is 1.90. The van der Waals surface area contributed by atoms with Gasteiger partial charge in [-0.1, -0.05) is 0 Å². The van der Waals surface area contributed by atoms with E-state index in [2.05, 4.69) is 48.3 Å². The molecule has 2 heterocycles. The molecule has 0 radical (unpaired) electrons. The minimum absolute atomic E-state index is 0.00753. The Kier molecular flexibility index (Phi) is 2.84. The summed E-state index contributed by atoms with van der Waals surface area (Å²) in [4.78, 5) is 9.11. The van der Waals surface area contributed by atoms with Gasteiger partial charge in [-0.3, -0.25) is 0 Å². The first kappa shape index (κ1) is 11.3. The van der Waals surface area contributed by atoms with Crippen molar-refractivity contribution >= 4 is 5.95 Å². The average molecular weight is 220 g/mol. The molecule has 1 aromatic rings. The summed E-state index contributed by atoms with van der Waals surface area (Å²) in [6.45, 7) is 10.3. The smallest absolute Gasteiger partial charge is 0.223 e. The Morgan fingerprint density at radius 3 is 2.69 bits per heavy atom. The molecule has 1 aliphatic rings. The third kappa shape index (κ3) is 2.50. The first-order chi connectivity index (χ1) is 7.46. The van der Waals surface area contributed by atoms with E-state index < -0.39 is 0 Å². The Balaban J connectivity index is 2.32. The Labute approximate surface area is 96.9 Å². The number of anilines is 1. The van der Waals surface area contributed by atoms with Crippen molar-refractivity contribution in [3.05, 3.63) is 17.0 Å². The van der Waals surface area contributed by atoms with Crippen LogP contribution < -0.4 is 10.6 Å². The van der Waals surface area contributed by atoms with Gasteiger partial charge in [-0.25, -0.2) is 9.97 Å². The Morgan fingerprint density at radius 2 is 2.00 bits per heavy atom. The first-order valence-corrected chi connectivity index (χ1v) is 5.81. The lowest BCUT2D eigenvalue weighted by Gasteiger charge is -2.23. The van der Waals surface area contributed by atoms with Crippen molar-refractivity contribution in [3.63, 3.8) is 0 Å². The third-order valence-corrected chi connectivity index (χ3v) is 2.63. The van der Waals surface area contributed by atoms with Crippen LogP contribution in [0.15, 0.2) is 0 Å². The number of hydrogen-bond acceptors (Lipinski definition) is 4. The highest BCUT2D eigenvalue weighted by Gasteiger charge is 2.17. The van der Waals surface area contributed by atoms with Crippen molar-refractivity contribution in [1.82, 2.24) is 15.3 Å². The van der Waals surface area contributed by atoms with Gasteiger partial charge in [0, 0.05) is 36.3 Å². The van der Waals surface area contributed by atoms with Gasteiger partial charge in [0.05, 0.1) is 5.69 Å². The molecule has 1 aliphatic heterocycles. The van der Waals surface area contributed by atoms with Crippen LogP contribution in [0.1, 0.15) is 37.7 Å². The molecule has 0 spiro atoms. The van der Waals surface area contributed by atoms with Crippen LogP contribution in [0.3, 0.4) is 0 Å². The largest absolute Gasteiger partial charge is 0.350 e. The number of aryl methyl sites for hydroxylation is 1. The van der Waals surface area contributed by atoms with E-state index in [1.54, 1.807) is 0 Å². The second-order valence-corrected chi connectivity index (χ2v) is 5.36. The standard InChI is InChI=1S/C12H20N4/c1-8-9-7-13-6-5-10(9)15-11(14-8)16-12(2,3)4/h13H,5-7H2,1-4H3,(H,14,15,16). The van der Waals surface area contributed by atoms with E-state index in [-0.39, 0.29) is 5.54 Å². The second-order valence-electron chi connectivity index (χ2n) is 5.36. The van der Waals surface area contributed by atoms with E-state index in [0.29, 0.717) is 0 Å². The van der Waals surface area contributed by atoms with E-state index in [0.717, 1.165) is 31.2 Å². The summed E-state index contributed by atoms with van der Waals surface area (Å²) in [7, 11) is 0. The predicted octanol–water partition coefficient (Wildman–Crippen LogP) is 1.64. The van der Waals surface area contributed by atoms with E-state index in [9.17, 15) is 0 Å². The second kappa shape index (κ2) is 4.01. The third-order valence-electron chi connectivity index (χ3n) is 2.63. The monoisotopic (exact) mass is 220 g/mol. The molecule has 1 aromatic heterocycles. The molecule has 0 bridgehead atoms. The van der Waals surface area contributed by atoms with E-state index in [1.807, 2.05) is 0 Å².